The van der Waals surface area contributed by atoms with Crippen molar-refractivity contribution >= 4 is 0 Å². The molecule has 1 aromatic heterocycles. The summed E-state index contributed by atoms with van der Waals surface area (Å²) in [6.45, 7) is 0. The van der Waals surface area contributed by atoms with Gasteiger partial charge in [-0.1, -0.05) is 24.3 Å². The standard InChI is InChI=1S/C18H10N4O/c19-11-13-1-3-14(4-2-13)15-5-7-16(8-6-15)23-18-17(12-20)21-9-10-22-18/h1-10H. The SMILES string of the molecule is N#Cc1ccc(-c2ccc(Oc3nccnc3C#N)cc2)cc1. The van der Waals surface area contributed by atoms with Gasteiger partial charge in [-0.2, -0.15) is 10.5 Å². The summed E-state index contributed by atoms with van der Waals surface area (Å²) in [5.41, 5.74) is 2.78. The first-order valence-corrected chi connectivity index (χ1v) is 6.80. The van der Waals surface area contributed by atoms with Crippen molar-refractivity contribution in [2.75, 3.05) is 0 Å². The molecule has 3 rings (SSSR count). The number of rotatable bonds is 3. The molecule has 0 radical (unpaired) electrons. The van der Waals surface area contributed by atoms with Crippen LogP contribution in [0, 0.1) is 22.7 Å². The highest BCUT2D eigenvalue weighted by Gasteiger charge is 2.07. The molecule has 0 saturated carbocycles. The third kappa shape index (κ3) is 3.15. The maximum atomic E-state index is 8.98. The fourth-order valence-corrected chi connectivity index (χ4v) is 2.04. The number of aromatic nitrogens is 2. The minimum atomic E-state index is 0.142. The van der Waals surface area contributed by atoms with Gasteiger partial charge < -0.3 is 4.74 Å². The van der Waals surface area contributed by atoms with E-state index in [1.54, 1.807) is 24.3 Å². The van der Waals surface area contributed by atoms with E-state index in [9.17, 15) is 0 Å². The van der Waals surface area contributed by atoms with Crippen molar-refractivity contribution in [2.24, 2.45) is 0 Å². The zero-order chi connectivity index (χ0) is 16.1. The fourth-order valence-electron chi connectivity index (χ4n) is 2.04. The molecule has 108 valence electrons. The monoisotopic (exact) mass is 298 g/mol. The summed E-state index contributed by atoms with van der Waals surface area (Å²) in [5, 5.41) is 17.8. The summed E-state index contributed by atoms with van der Waals surface area (Å²) in [6.07, 6.45) is 2.92. The Hall–Kier alpha value is -3.70. The van der Waals surface area contributed by atoms with E-state index in [1.807, 2.05) is 30.3 Å². The first-order chi connectivity index (χ1) is 11.3. The number of hydrogen-bond donors (Lipinski definition) is 0. The zero-order valence-corrected chi connectivity index (χ0v) is 12.0. The quantitative estimate of drug-likeness (QED) is 0.736. The fraction of sp³-hybridized carbons (Fsp3) is 0. The Morgan fingerprint density at radius 3 is 1.96 bits per heavy atom. The second kappa shape index (κ2) is 6.38. The van der Waals surface area contributed by atoms with Gasteiger partial charge in [0.15, 0.2) is 0 Å². The van der Waals surface area contributed by atoms with Crippen LogP contribution in [0.4, 0.5) is 0 Å². The molecule has 0 fully saturated rings. The molecule has 3 aromatic rings. The summed E-state index contributed by atoms with van der Waals surface area (Å²) >= 11 is 0. The Morgan fingerprint density at radius 2 is 1.35 bits per heavy atom. The van der Waals surface area contributed by atoms with E-state index in [4.69, 9.17) is 15.3 Å². The van der Waals surface area contributed by atoms with Crippen molar-refractivity contribution < 1.29 is 4.74 Å². The summed E-state index contributed by atoms with van der Waals surface area (Å²) < 4.78 is 5.59. The van der Waals surface area contributed by atoms with Crippen LogP contribution in [0.25, 0.3) is 11.1 Å². The highest BCUT2D eigenvalue weighted by atomic mass is 16.5. The highest BCUT2D eigenvalue weighted by molar-refractivity contribution is 5.65. The molecular weight excluding hydrogens is 288 g/mol. The van der Waals surface area contributed by atoms with E-state index in [0.29, 0.717) is 11.3 Å². The second-order valence-electron chi connectivity index (χ2n) is 4.64. The molecule has 0 atom stereocenters. The van der Waals surface area contributed by atoms with Crippen LogP contribution in [0.3, 0.4) is 0 Å². The van der Waals surface area contributed by atoms with Crippen molar-refractivity contribution in [1.29, 1.82) is 10.5 Å². The highest BCUT2D eigenvalue weighted by Crippen LogP contribution is 2.26. The van der Waals surface area contributed by atoms with Crippen molar-refractivity contribution in [3.05, 3.63) is 72.2 Å². The minimum Gasteiger partial charge on any atom is -0.437 e. The maximum absolute atomic E-state index is 8.98. The molecule has 1 heterocycles. The Bertz CT molecular complexity index is 903. The Balaban J connectivity index is 1.82. The maximum Gasteiger partial charge on any atom is 0.256 e. The average molecular weight is 298 g/mol. The number of hydrogen-bond acceptors (Lipinski definition) is 5. The van der Waals surface area contributed by atoms with Crippen molar-refractivity contribution in [3.8, 4) is 34.9 Å². The normalized spacial score (nSPS) is 9.65. The lowest BCUT2D eigenvalue weighted by molar-refractivity contribution is 0.458. The lowest BCUT2D eigenvalue weighted by Crippen LogP contribution is -1.93. The van der Waals surface area contributed by atoms with Crippen LogP contribution in [0.15, 0.2) is 60.9 Å². The predicted molar refractivity (Wildman–Crippen MR) is 83.4 cm³/mol. The topological polar surface area (TPSA) is 82.6 Å². The van der Waals surface area contributed by atoms with Crippen LogP contribution >= 0.6 is 0 Å². The van der Waals surface area contributed by atoms with Gasteiger partial charge in [0.1, 0.15) is 11.8 Å². The molecule has 5 heteroatoms. The first kappa shape index (κ1) is 14.2. The summed E-state index contributed by atoms with van der Waals surface area (Å²) in [6, 6.07) is 18.8. The molecule has 2 aromatic carbocycles. The number of ether oxygens (including phenoxy) is 1. The summed E-state index contributed by atoms with van der Waals surface area (Å²) in [5.74, 6) is 0.750. The molecule has 0 spiro atoms. The molecule has 0 bridgehead atoms. The Morgan fingerprint density at radius 1 is 0.739 bits per heavy atom. The molecule has 0 saturated heterocycles. The second-order valence-corrected chi connectivity index (χ2v) is 4.64. The van der Waals surface area contributed by atoms with Crippen molar-refractivity contribution in [1.82, 2.24) is 9.97 Å². The molecule has 0 amide bonds. The van der Waals surface area contributed by atoms with Crippen LogP contribution < -0.4 is 4.74 Å². The van der Waals surface area contributed by atoms with Gasteiger partial charge in [-0.3, -0.25) is 0 Å². The molecule has 0 N–H and O–H groups in total. The summed E-state index contributed by atoms with van der Waals surface area (Å²) in [4.78, 5) is 7.91. The van der Waals surface area contributed by atoms with Crippen LogP contribution in [0.1, 0.15) is 11.3 Å². The minimum absolute atomic E-state index is 0.142. The molecule has 0 aliphatic heterocycles. The van der Waals surface area contributed by atoms with Gasteiger partial charge in [0, 0.05) is 12.4 Å². The molecule has 0 unspecified atom stereocenters. The largest absolute Gasteiger partial charge is 0.437 e. The number of benzene rings is 2. The van der Waals surface area contributed by atoms with Gasteiger partial charge in [-0.15, -0.1) is 0 Å². The van der Waals surface area contributed by atoms with E-state index >= 15 is 0 Å². The van der Waals surface area contributed by atoms with Crippen LogP contribution in [0.2, 0.25) is 0 Å². The molecule has 0 aliphatic rings. The lowest BCUT2D eigenvalue weighted by Gasteiger charge is -2.07. The first-order valence-electron chi connectivity index (χ1n) is 6.80. The van der Waals surface area contributed by atoms with Gasteiger partial charge in [0.05, 0.1) is 11.6 Å². The van der Waals surface area contributed by atoms with Crippen LogP contribution in [-0.2, 0) is 0 Å². The average Bonchev–Trinajstić information content (AvgIpc) is 2.63. The lowest BCUT2D eigenvalue weighted by atomic mass is 10.0. The van der Waals surface area contributed by atoms with Gasteiger partial charge in [-0.05, 0) is 35.4 Å². The molecule has 23 heavy (non-hydrogen) atoms. The van der Waals surface area contributed by atoms with Crippen molar-refractivity contribution in [2.45, 2.75) is 0 Å². The predicted octanol–water partition coefficient (Wildman–Crippen LogP) is 3.68. The Kier molecular flexibility index (Phi) is 3.95. The van der Waals surface area contributed by atoms with E-state index in [0.717, 1.165) is 11.1 Å². The molecule has 5 nitrogen and oxygen atoms in total. The van der Waals surface area contributed by atoms with Crippen LogP contribution in [0.5, 0.6) is 11.6 Å². The molecular formula is C18H10N4O. The van der Waals surface area contributed by atoms with Gasteiger partial charge in [0.25, 0.3) is 5.88 Å². The van der Waals surface area contributed by atoms with E-state index in [1.165, 1.54) is 12.4 Å². The smallest absolute Gasteiger partial charge is 0.256 e. The third-order valence-corrected chi connectivity index (χ3v) is 3.19. The van der Waals surface area contributed by atoms with Crippen LogP contribution in [-0.4, -0.2) is 9.97 Å². The van der Waals surface area contributed by atoms with E-state index in [-0.39, 0.29) is 11.6 Å². The van der Waals surface area contributed by atoms with Gasteiger partial charge in [0.2, 0.25) is 5.69 Å². The van der Waals surface area contributed by atoms with Gasteiger partial charge in [-0.25, -0.2) is 9.97 Å². The number of nitrogens with zero attached hydrogens (tertiary/aromatic N) is 4. The molecule has 0 aliphatic carbocycles. The van der Waals surface area contributed by atoms with E-state index in [2.05, 4.69) is 16.0 Å². The van der Waals surface area contributed by atoms with E-state index < -0.39 is 0 Å². The Labute approximate surface area is 133 Å². The number of nitriles is 2. The zero-order valence-electron chi connectivity index (χ0n) is 12.0. The summed E-state index contributed by atoms with van der Waals surface area (Å²) in [7, 11) is 0. The third-order valence-electron chi connectivity index (χ3n) is 3.19. The van der Waals surface area contributed by atoms with Crippen molar-refractivity contribution in [3.63, 3.8) is 0 Å². The van der Waals surface area contributed by atoms with Gasteiger partial charge >= 0.3 is 0 Å².